The molecule has 0 radical (unpaired) electrons. The zero-order valence-electron chi connectivity index (χ0n) is 15.8. The van der Waals surface area contributed by atoms with E-state index < -0.39 is 22.1 Å². The van der Waals surface area contributed by atoms with Crippen LogP contribution in [0.3, 0.4) is 0 Å². The van der Waals surface area contributed by atoms with Crippen LogP contribution in [0.1, 0.15) is 18.4 Å². The Hall–Kier alpha value is -2.84. The van der Waals surface area contributed by atoms with E-state index >= 15 is 0 Å². The Kier molecular flexibility index (Phi) is 6.48. The van der Waals surface area contributed by atoms with Crippen LogP contribution in [0.15, 0.2) is 47.5 Å². The molecule has 30 heavy (non-hydrogen) atoms. The van der Waals surface area contributed by atoms with E-state index in [1.54, 1.807) is 18.3 Å². The minimum Gasteiger partial charge on any atom is -0.406 e. The molecule has 1 saturated heterocycles. The largest absolute Gasteiger partial charge is 0.573 e. The van der Waals surface area contributed by atoms with Gasteiger partial charge in [0.15, 0.2) is 0 Å². The summed E-state index contributed by atoms with van der Waals surface area (Å²) in [7, 11) is -3.85. The molecule has 2 aromatic rings. The highest BCUT2D eigenvalue weighted by atomic mass is 32.2. The van der Waals surface area contributed by atoms with Gasteiger partial charge in [-0.15, -0.1) is 13.2 Å². The van der Waals surface area contributed by atoms with Crippen molar-refractivity contribution in [3.05, 3.63) is 48.2 Å². The molecule has 0 spiro atoms. The molecule has 2 heterocycles. The van der Waals surface area contributed by atoms with Gasteiger partial charge in [0.1, 0.15) is 17.6 Å². The SMILES string of the molecule is N#Cc1cccnc1N1CCC(CNS(=O)(=O)c2ccc(OC(F)(F)F)cc2)CC1. The molecule has 1 N–H and O–H groups in total. The van der Waals surface area contributed by atoms with Crippen molar-refractivity contribution < 1.29 is 26.3 Å². The maximum atomic E-state index is 12.4. The number of nitriles is 1. The van der Waals surface area contributed by atoms with Gasteiger partial charge in [-0.05, 0) is 55.2 Å². The molecule has 1 aromatic carbocycles. The predicted octanol–water partition coefficient (Wildman–Crippen LogP) is 3.05. The van der Waals surface area contributed by atoms with Gasteiger partial charge < -0.3 is 9.64 Å². The number of halogens is 3. The van der Waals surface area contributed by atoms with Crippen molar-refractivity contribution in [2.75, 3.05) is 24.5 Å². The molecule has 0 atom stereocenters. The van der Waals surface area contributed by atoms with Crippen molar-refractivity contribution in [3.8, 4) is 11.8 Å². The van der Waals surface area contributed by atoms with Crippen LogP contribution < -0.4 is 14.4 Å². The Balaban J connectivity index is 1.54. The summed E-state index contributed by atoms with van der Waals surface area (Å²) in [5.41, 5.74) is 0.495. The molecule has 1 fully saturated rings. The molecule has 7 nitrogen and oxygen atoms in total. The van der Waals surface area contributed by atoms with Crippen LogP contribution in [0.4, 0.5) is 19.0 Å². The van der Waals surface area contributed by atoms with Gasteiger partial charge in [-0.25, -0.2) is 18.1 Å². The average Bonchev–Trinajstić information content (AvgIpc) is 2.72. The molecular formula is C19H19F3N4O3S. The van der Waals surface area contributed by atoms with Crippen LogP contribution in [0.25, 0.3) is 0 Å². The van der Waals surface area contributed by atoms with E-state index in [-0.39, 0.29) is 17.4 Å². The van der Waals surface area contributed by atoms with E-state index in [1.807, 2.05) is 4.90 Å². The second-order valence-corrected chi connectivity index (χ2v) is 8.55. The maximum absolute atomic E-state index is 12.4. The minimum absolute atomic E-state index is 0.0955. The average molecular weight is 440 g/mol. The van der Waals surface area contributed by atoms with Crippen LogP contribution in [-0.2, 0) is 10.0 Å². The third-order valence-corrected chi connectivity index (χ3v) is 6.19. The summed E-state index contributed by atoms with van der Waals surface area (Å²) in [4.78, 5) is 6.13. The zero-order chi connectivity index (χ0) is 21.8. The fraction of sp³-hybridized carbons (Fsp3) is 0.368. The number of pyridine rings is 1. The van der Waals surface area contributed by atoms with Gasteiger partial charge in [-0.1, -0.05) is 0 Å². The summed E-state index contributed by atoms with van der Waals surface area (Å²) in [5, 5.41) is 9.20. The Morgan fingerprint density at radius 2 is 1.87 bits per heavy atom. The summed E-state index contributed by atoms with van der Waals surface area (Å²) in [6.07, 6.45) is -1.79. The van der Waals surface area contributed by atoms with Gasteiger partial charge in [-0.3, -0.25) is 0 Å². The lowest BCUT2D eigenvalue weighted by Gasteiger charge is -2.33. The number of anilines is 1. The highest BCUT2D eigenvalue weighted by Gasteiger charge is 2.31. The maximum Gasteiger partial charge on any atom is 0.573 e. The van der Waals surface area contributed by atoms with E-state index in [1.165, 1.54) is 0 Å². The highest BCUT2D eigenvalue weighted by molar-refractivity contribution is 7.89. The van der Waals surface area contributed by atoms with Crippen molar-refractivity contribution in [1.29, 1.82) is 5.26 Å². The Labute approximate surface area is 172 Å². The monoisotopic (exact) mass is 440 g/mol. The number of hydrogen-bond acceptors (Lipinski definition) is 6. The molecule has 1 aliphatic heterocycles. The quantitative estimate of drug-likeness (QED) is 0.742. The van der Waals surface area contributed by atoms with E-state index in [9.17, 15) is 26.9 Å². The highest BCUT2D eigenvalue weighted by Crippen LogP contribution is 2.25. The number of ether oxygens (including phenoxy) is 1. The first-order valence-electron chi connectivity index (χ1n) is 9.13. The number of nitrogens with zero attached hydrogens (tertiary/aromatic N) is 3. The van der Waals surface area contributed by atoms with Gasteiger partial charge in [0.2, 0.25) is 10.0 Å². The van der Waals surface area contributed by atoms with Crippen LogP contribution in [0.5, 0.6) is 5.75 Å². The summed E-state index contributed by atoms with van der Waals surface area (Å²) in [5.74, 6) is 0.235. The second kappa shape index (κ2) is 8.89. The van der Waals surface area contributed by atoms with Gasteiger partial charge >= 0.3 is 6.36 Å². The number of sulfonamides is 1. The normalized spacial score (nSPS) is 15.6. The van der Waals surface area contributed by atoms with E-state index in [0.717, 1.165) is 24.3 Å². The molecule has 3 rings (SSSR count). The number of rotatable bonds is 6. The molecule has 0 unspecified atom stereocenters. The van der Waals surface area contributed by atoms with Crippen molar-refractivity contribution in [1.82, 2.24) is 9.71 Å². The van der Waals surface area contributed by atoms with Gasteiger partial charge in [-0.2, -0.15) is 5.26 Å². The number of alkyl halides is 3. The summed E-state index contributed by atoms with van der Waals surface area (Å²) in [6.45, 7) is 1.49. The van der Waals surface area contributed by atoms with E-state index in [2.05, 4.69) is 20.5 Å². The third-order valence-electron chi connectivity index (χ3n) is 4.75. The molecule has 0 amide bonds. The van der Waals surface area contributed by atoms with Gasteiger partial charge in [0.25, 0.3) is 0 Å². The van der Waals surface area contributed by atoms with Crippen LogP contribution in [0, 0.1) is 17.2 Å². The zero-order valence-corrected chi connectivity index (χ0v) is 16.6. The molecule has 0 aliphatic carbocycles. The first-order chi connectivity index (χ1) is 14.2. The van der Waals surface area contributed by atoms with Crippen molar-refractivity contribution >= 4 is 15.8 Å². The first kappa shape index (κ1) is 21.9. The molecule has 0 saturated carbocycles. The van der Waals surface area contributed by atoms with E-state index in [0.29, 0.717) is 37.3 Å². The minimum atomic E-state index is -4.84. The lowest BCUT2D eigenvalue weighted by molar-refractivity contribution is -0.274. The Morgan fingerprint density at radius 3 is 2.47 bits per heavy atom. The van der Waals surface area contributed by atoms with Crippen LogP contribution >= 0.6 is 0 Å². The van der Waals surface area contributed by atoms with Gasteiger partial charge in [0, 0.05) is 25.8 Å². The molecule has 1 aliphatic rings. The van der Waals surface area contributed by atoms with Crippen LogP contribution in [-0.4, -0.2) is 39.4 Å². The summed E-state index contributed by atoms with van der Waals surface area (Å²) in [6, 6.07) is 9.57. The van der Waals surface area contributed by atoms with Gasteiger partial charge in [0.05, 0.1) is 10.5 Å². The first-order valence-corrected chi connectivity index (χ1v) is 10.6. The lowest BCUT2D eigenvalue weighted by Crippen LogP contribution is -2.39. The fourth-order valence-corrected chi connectivity index (χ4v) is 4.33. The predicted molar refractivity (Wildman–Crippen MR) is 102 cm³/mol. The summed E-state index contributed by atoms with van der Waals surface area (Å²) >= 11 is 0. The Bertz CT molecular complexity index is 1010. The number of nitrogens with one attached hydrogen (secondary N) is 1. The smallest absolute Gasteiger partial charge is 0.406 e. The number of hydrogen-bond donors (Lipinski definition) is 1. The van der Waals surface area contributed by atoms with Crippen LogP contribution in [0.2, 0.25) is 0 Å². The third kappa shape index (κ3) is 5.61. The topological polar surface area (TPSA) is 95.3 Å². The lowest BCUT2D eigenvalue weighted by atomic mass is 9.97. The molecular weight excluding hydrogens is 421 g/mol. The standard InChI is InChI=1S/C19H19F3N4O3S/c20-19(21,22)29-16-3-5-17(6-4-16)30(27,28)25-13-14-7-10-26(11-8-14)18-15(12-23)2-1-9-24-18/h1-6,9,14,25H,7-8,10-11,13H2. The van der Waals surface area contributed by atoms with E-state index in [4.69, 9.17) is 0 Å². The van der Waals surface area contributed by atoms with Crippen molar-refractivity contribution in [2.45, 2.75) is 24.1 Å². The molecule has 1 aromatic heterocycles. The number of benzene rings is 1. The second-order valence-electron chi connectivity index (χ2n) is 6.79. The van der Waals surface area contributed by atoms with Crippen molar-refractivity contribution in [2.24, 2.45) is 5.92 Å². The number of aromatic nitrogens is 1. The molecule has 160 valence electrons. The molecule has 11 heteroatoms. The number of piperidine rings is 1. The fourth-order valence-electron chi connectivity index (χ4n) is 3.22. The van der Waals surface area contributed by atoms with Crippen molar-refractivity contribution in [3.63, 3.8) is 0 Å². The summed E-state index contributed by atoms with van der Waals surface area (Å²) < 4.78 is 67.7. The molecule has 0 bridgehead atoms. The Morgan fingerprint density at radius 1 is 1.20 bits per heavy atom.